The summed E-state index contributed by atoms with van der Waals surface area (Å²) in [6.07, 6.45) is 4.14. The molecule has 0 saturated carbocycles. The topological polar surface area (TPSA) is 9.23 Å². The third kappa shape index (κ3) is 3.37. The van der Waals surface area contributed by atoms with Crippen molar-refractivity contribution in [2.45, 2.75) is 18.9 Å². The highest BCUT2D eigenvalue weighted by Gasteiger charge is 2.15. The SMILES string of the molecule is Fc1ccc(C(=CC2CCCO2)c2ccc(F)cc2)cc1. The van der Waals surface area contributed by atoms with Crippen LogP contribution in [0.15, 0.2) is 54.6 Å². The molecule has 0 aliphatic carbocycles. The number of hydrogen-bond donors (Lipinski definition) is 0. The number of hydrogen-bond acceptors (Lipinski definition) is 1. The molecule has 0 bridgehead atoms. The molecule has 3 rings (SSSR count). The summed E-state index contributed by atoms with van der Waals surface area (Å²) in [5.74, 6) is -0.538. The molecule has 1 atom stereocenters. The van der Waals surface area contributed by atoms with Gasteiger partial charge in [0.1, 0.15) is 11.6 Å². The molecule has 0 radical (unpaired) electrons. The molecular formula is C18H16F2O. The molecule has 0 spiro atoms. The van der Waals surface area contributed by atoms with Crippen LogP contribution in [0.3, 0.4) is 0 Å². The lowest BCUT2D eigenvalue weighted by Gasteiger charge is -2.12. The summed E-state index contributed by atoms with van der Waals surface area (Å²) in [6, 6.07) is 12.7. The number of rotatable bonds is 3. The van der Waals surface area contributed by atoms with Crippen LogP contribution in [0.4, 0.5) is 8.78 Å². The standard InChI is InChI=1S/C18H16F2O/c19-15-7-3-13(4-8-15)18(12-17-2-1-11-21-17)14-5-9-16(20)10-6-14/h3-10,12,17H,1-2,11H2. The highest BCUT2D eigenvalue weighted by Crippen LogP contribution is 2.27. The fraction of sp³-hybridized carbons (Fsp3) is 0.222. The van der Waals surface area contributed by atoms with E-state index in [1.165, 1.54) is 24.3 Å². The largest absolute Gasteiger partial charge is 0.374 e. The zero-order chi connectivity index (χ0) is 14.7. The predicted octanol–water partition coefficient (Wildman–Crippen LogP) is 4.58. The van der Waals surface area contributed by atoms with Gasteiger partial charge in [-0.1, -0.05) is 24.3 Å². The minimum absolute atomic E-state index is 0.0649. The molecule has 1 saturated heterocycles. The van der Waals surface area contributed by atoms with Crippen molar-refractivity contribution in [2.24, 2.45) is 0 Å². The average molecular weight is 286 g/mol. The van der Waals surface area contributed by atoms with E-state index in [4.69, 9.17) is 4.74 Å². The van der Waals surface area contributed by atoms with Crippen LogP contribution in [0, 0.1) is 11.6 Å². The first kappa shape index (κ1) is 14.0. The Labute approximate surface area is 122 Å². The summed E-state index contributed by atoms with van der Waals surface area (Å²) >= 11 is 0. The minimum atomic E-state index is -0.269. The maximum absolute atomic E-state index is 13.1. The smallest absolute Gasteiger partial charge is 0.123 e. The van der Waals surface area contributed by atoms with E-state index >= 15 is 0 Å². The van der Waals surface area contributed by atoms with Crippen molar-refractivity contribution in [3.05, 3.63) is 77.4 Å². The summed E-state index contributed by atoms with van der Waals surface area (Å²) in [6.45, 7) is 0.765. The second kappa shape index (κ2) is 6.19. The molecule has 0 amide bonds. The summed E-state index contributed by atoms with van der Waals surface area (Å²) < 4.78 is 31.9. The monoisotopic (exact) mass is 286 g/mol. The van der Waals surface area contributed by atoms with Crippen molar-refractivity contribution >= 4 is 5.57 Å². The van der Waals surface area contributed by atoms with E-state index in [0.717, 1.165) is 36.1 Å². The Morgan fingerprint density at radius 1 is 0.905 bits per heavy atom. The maximum Gasteiger partial charge on any atom is 0.123 e. The van der Waals surface area contributed by atoms with E-state index in [9.17, 15) is 8.78 Å². The summed E-state index contributed by atoms with van der Waals surface area (Å²) in [5.41, 5.74) is 2.75. The van der Waals surface area contributed by atoms with E-state index in [1.54, 1.807) is 24.3 Å². The van der Waals surface area contributed by atoms with Gasteiger partial charge in [-0.2, -0.15) is 0 Å². The Balaban J connectivity index is 2.01. The molecule has 0 aromatic heterocycles. The molecule has 21 heavy (non-hydrogen) atoms. The maximum atomic E-state index is 13.1. The molecule has 1 fully saturated rings. The quantitative estimate of drug-likeness (QED) is 0.802. The van der Waals surface area contributed by atoms with Crippen molar-refractivity contribution in [1.29, 1.82) is 0 Å². The third-order valence-corrected chi connectivity index (χ3v) is 3.63. The third-order valence-electron chi connectivity index (χ3n) is 3.63. The molecule has 1 unspecified atom stereocenters. The second-order valence-corrected chi connectivity index (χ2v) is 5.15. The molecule has 1 aliphatic rings. The van der Waals surface area contributed by atoms with Crippen molar-refractivity contribution in [2.75, 3.05) is 6.61 Å². The molecule has 108 valence electrons. The highest BCUT2D eigenvalue weighted by atomic mass is 19.1. The van der Waals surface area contributed by atoms with Crippen LogP contribution in [0.25, 0.3) is 5.57 Å². The molecule has 1 aliphatic heterocycles. The summed E-state index contributed by atoms with van der Waals surface area (Å²) in [4.78, 5) is 0. The highest BCUT2D eigenvalue weighted by molar-refractivity contribution is 5.80. The molecule has 3 heteroatoms. The van der Waals surface area contributed by atoms with Crippen LogP contribution >= 0.6 is 0 Å². The van der Waals surface area contributed by atoms with Crippen LogP contribution in [0.1, 0.15) is 24.0 Å². The first-order valence-corrected chi connectivity index (χ1v) is 7.08. The van der Waals surface area contributed by atoms with Crippen LogP contribution in [0.5, 0.6) is 0 Å². The van der Waals surface area contributed by atoms with Gasteiger partial charge in [0.15, 0.2) is 0 Å². The Morgan fingerprint density at radius 2 is 1.43 bits per heavy atom. The van der Waals surface area contributed by atoms with Crippen molar-refractivity contribution in [3.8, 4) is 0 Å². The zero-order valence-corrected chi connectivity index (χ0v) is 11.6. The van der Waals surface area contributed by atoms with Crippen molar-refractivity contribution < 1.29 is 13.5 Å². The van der Waals surface area contributed by atoms with Crippen LogP contribution < -0.4 is 0 Å². The predicted molar refractivity (Wildman–Crippen MR) is 78.9 cm³/mol. The number of benzene rings is 2. The van der Waals surface area contributed by atoms with Gasteiger partial charge >= 0.3 is 0 Å². The van der Waals surface area contributed by atoms with Gasteiger partial charge in [-0.05, 0) is 59.9 Å². The molecule has 1 heterocycles. The van der Waals surface area contributed by atoms with Gasteiger partial charge in [0, 0.05) is 6.61 Å². The minimum Gasteiger partial charge on any atom is -0.374 e. The van der Waals surface area contributed by atoms with Crippen molar-refractivity contribution in [1.82, 2.24) is 0 Å². The van der Waals surface area contributed by atoms with E-state index < -0.39 is 0 Å². The molecule has 1 nitrogen and oxygen atoms in total. The summed E-state index contributed by atoms with van der Waals surface area (Å²) in [5, 5.41) is 0. The number of halogens is 2. The average Bonchev–Trinajstić information content (AvgIpc) is 3.00. The van der Waals surface area contributed by atoms with Gasteiger partial charge in [0.2, 0.25) is 0 Å². The normalized spacial score (nSPS) is 17.7. The van der Waals surface area contributed by atoms with E-state index in [2.05, 4.69) is 0 Å². The molecule has 2 aromatic carbocycles. The van der Waals surface area contributed by atoms with Crippen LogP contribution in [0.2, 0.25) is 0 Å². The van der Waals surface area contributed by atoms with E-state index in [1.807, 2.05) is 6.08 Å². The Morgan fingerprint density at radius 3 is 1.86 bits per heavy atom. The fourth-order valence-electron chi connectivity index (χ4n) is 2.54. The Kier molecular flexibility index (Phi) is 4.11. The first-order valence-electron chi connectivity index (χ1n) is 7.08. The van der Waals surface area contributed by atoms with Gasteiger partial charge in [-0.3, -0.25) is 0 Å². The van der Waals surface area contributed by atoms with Crippen LogP contribution in [-0.4, -0.2) is 12.7 Å². The Hall–Kier alpha value is -2.00. The van der Waals surface area contributed by atoms with E-state index in [0.29, 0.717) is 0 Å². The zero-order valence-electron chi connectivity index (χ0n) is 11.6. The Bertz CT molecular complexity index is 576. The molecule has 0 N–H and O–H groups in total. The lowest BCUT2D eigenvalue weighted by atomic mass is 9.96. The van der Waals surface area contributed by atoms with Gasteiger partial charge in [-0.15, -0.1) is 0 Å². The second-order valence-electron chi connectivity index (χ2n) is 5.15. The van der Waals surface area contributed by atoms with Gasteiger partial charge in [-0.25, -0.2) is 8.78 Å². The van der Waals surface area contributed by atoms with Crippen LogP contribution in [-0.2, 0) is 4.74 Å². The first-order chi connectivity index (χ1) is 10.2. The van der Waals surface area contributed by atoms with E-state index in [-0.39, 0.29) is 17.7 Å². The number of ether oxygens (including phenoxy) is 1. The lowest BCUT2D eigenvalue weighted by molar-refractivity contribution is 0.146. The fourth-order valence-corrected chi connectivity index (χ4v) is 2.54. The summed E-state index contributed by atoms with van der Waals surface area (Å²) in [7, 11) is 0. The molecular weight excluding hydrogens is 270 g/mol. The molecule has 2 aromatic rings. The van der Waals surface area contributed by atoms with Gasteiger partial charge in [0.05, 0.1) is 6.10 Å². The van der Waals surface area contributed by atoms with Crippen molar-refractivity contribution in [3.63, 3.8) is 0 Å². The lowest BCUT2D eigenvalue weighted by Crippen LogP contribution is -2.02. The van der Waals surface area contributed by atoms with Gasteiger partial charge < -0.3 is 4.74 Å². The van der Waals surface area contributed by atoms with Gasteiger partial charge in [0.25, 0.3) is 0 Å².